The summed E-state index contributed by atoms with van der Waals surface area (Å²) in [5.41, 5.74) is 0. The van der Waals surface area contributed by atoms with Gasteiger partial charge in [0.05, 0.1) is 0 Å². The molecule has 0 aromatic rings. The van der Waals surface area contributed by atoms with Crippen molar-refractivity contribution in [1.29, 1.82) is 0 Å². The standard InChI is InChI=1S/C12H24/c1-5-6-7-8-9-10-12(4)11(2)3/h5-6,11-12H,7-10H2,1-4H3. The lowest BCUT2D eigenvalue weighted by atomic mass is 9.92. The van der Waals surface area contributed by atoms with E-state index in [1.807, 2.05) is 0 Å². The third-order valence-corrected chi connectivity index (χ3v) is 2.65. The number of hydrogen-bond acceptors (Lipinski definition) is 0. The molecule has 0 spiro atoms. The van der Waals surface area contributed by atoms with Crippen molar-refractivity contribution < 1.29 is 0 Å². The summed E-state index contributed by atoms with van der Waals surface area (Å²) < 4.78 is 0. The molecule has 0 aliphatic rings. The number of unbranched alkanes of at least 4 members (excludes halogenated alkanes) is 2. The highest BCUT2D eigenvalue weighted by molar-refractivity contribution is 4.76. The maximum Gasteiger partial charge on any atom is -0.0351 e. The van der Waals surface area contributed by atoms with Crippen LogP contribution in [0.25, 0.3) is 0 Å². The van der Waals surface area contributed by atoms with E-state index in [0.717, 1.165) is 11.8 Å². The fourth-order valence-electron chi connectivity index (χ4n) is 1.23. The van der Waals surface area contributed by atoms with Gasteiger partial charge in [0.15, 0.2) is 0 Å². The van der Waals surface area contributed by atoms with Crippen molar-refractivity contribution in [3.05, 3.63) is 12.2 Å². The molecule has 1 unspecified atom stereocenters. The van der Waals surface area contributed by atoms with Crippen LogP contribution in [0.2, 0.25) is 0 Å². The Labute approximate surface area is 78.1 Å². The minimum atomic E-state index is 0.853. The van der Waals surface area contributed by atoms with Gasteiger partial charge >= 0.3 is 0 Å². The Kier molecular flexibility index (Phi) is 7.23. The summed E-state index contributed by atoms with van der Waals surface area (Å²) in [5, 5.41) is 0. The van der Waals surface area contributed by atoms with Crippen LogP contribution in [0.3, 0.4) is 0 Å². The van der Waals surface area contributed by atoms with Crippen molar-refractivity contribution in [3.8, 4) is 0 Å². The third kappa shape index (κ3) is 6.45. The number of allylic oxidation sites excluding steroid dienone is 2. The second-order valence-corrected chi connectivity index (χ2v) is 4.07. The largest absolute Gasteiger partial charge is 0.0917 e. The summed E-state index contributed by atoms with van der Waals surface area (Å²) in [7, 11) is 0. The lowest BCUT2D eigenvalue weighted by molar-refractivity contribution is 0.378. The van der Waals surface area contributed by atoms with Gasteiger partial charge in [0, 0.05) is 0 Å². The topological polar surface area (TPSA) is 0 Å². The van der Waals surface area contributed by atoms with Crippen molar-refractivity contribution in [3.63, 3.8) is 0 Å². The minimum Gasteiger partial charge on any atom is -0.0917 e. The van der Waals surface area contributed by atoms with Crippen molar-refractivity contribution in [1.82, 2.24) is 0 Å². The average Bonchev–Trinajstić information content (AvgIpc) is 2.03. The number of hydrogen-bond donors (Lipinski definition) is 0. The molecule has 0 rings (SSSR count). The summed E-state index contributed by atoms with van der Waals surface area (Å²) in [6, 6.07) is 0. The van der Waals surface area contributed by atoms with Gasteiger partial charge in [-0.2, -0.15) is 0 Å². The highest BCUT2D eigenvalue weighted by Crippen LogP contribution is 2.17. The van der Waals surface area contributed by atoms with Crippen LogP contribution in [0.1, 0.15) is 53.4 Å². The third-order valence-electron chi connectivity index (χ3n) is 2.65. The molecule has 0 aromatic carbocycles. The van der Waals surface area contributed by atoms with E-state index in [4.69, 9.17) is 0 Å². The van der Waals surface area contributed by atoms with E-state index in [2.05, 4.69) is 39.8 Å². The normalized spacial score (nSPS) is 14.4. The van der Waals surface area contributed by atoms with E-state index in [1.54, 1.807) is 0 Å². The average molecular weight is 168 g/mol. The lowest BCUT2D eigenvalue weighted by Crippen LogP contribution is -2.02. The van der Waals surface area contributed by atoms with E-state index in [1.165, 1.54) is 25.7 Å². The van der Waals surface area contributed by atoms with Gasteiger partial charge in [-0.25, -0.2) is 0 Å². The van der Waals surface area contributed by atoms with Gasteiger partial charge in [-0.15, -0.1) is 0 Å². The maximum absolute atomic E-state index is 2.36. The molecular weight excluding hydrogens is 144 g/mol. The summed E-state index contributed by atoms with van der Waals surface area (Å²) >= 11 is 0. The highest BCUT2D eigenvalue weighted by atomic mass is 14.1. The van der Waals surface area contributed by atoms with Gasteiger partial charge in [0.25, 0.3) is 0 Å². The number of rotatable bonds is 6. The molecule has 0 saturated heterocycles. The Morgan fingerprint density at radius 3 is 2.25 bits per heavy atom. The molecule has 0 heterocycles. The molecule has 0 bridgehead atoms. The van der Waals surface area contributed by atoms with Crippen LogP contribution in [-0.4, -0.2) is 0 Å². The first-order valence-electron chi connectivity index (χ1n) is 5.29. The van der Waals surface area contributed by atoms with Crippen LogP contribution in [0.15, 0.2) is 12.2 Å². The predicted octanol–water partition coefficient (Wildman–Crippen LogP) is 4.42. The van der Waals surface area contributed by atoms with E-state index in [9.17, 15) is 0 Å². The Morgan fingerprint density at radius 1 is 1.08 bits per heavy atom. The smallest absolute Gasteiger partial charge is 0.0351 e. The lowest BCUT2D eigenvalue weighted by Gasteiger charge is -2.14. The quantitative estimate of drug-likeness (QED) is 0.407. The van der Waals surface area contributed by atoms with Crippen molar-refractivity contribution in [2.75, 3.05) is 0 Å². The van der Waals surface area contributed by atoms with Crippen LogP contribution in [0.4, 0.5) is 0 Å². The highest BCUT2D eigenvalue weighted by Gasteiger charge is 2.05. The SMILES string of the molecule is CC=CCCCCC(C)C(C)C. The first kappa shape index (κ1) is 11.7. The van der Waals surface area contributed by atoms with E-state index >= 15 is 0 Å². The van der Waals surface area contributed by atoms with Crippen molar-refractivity contribution in [2.45, 2.75) is 53.4 Å². The molecule has 1 atom stereocenters. The van der Waals surface area contributed by atoms with Gasteiger partial charge in [0.2, 0.25) is 0 Å². The van der Waals surface area contributed by atoms with Gasteiger partial charge < -0.3 is 0 Å². The van der Waals surface area contributed by atoms with Gasteiger partial charge in [-0.3, -0.25) is 0 Å². The van der Waals surface area contributed by atoms with E-state index < -0.39 is 0 Å². The molecule has 0 aliphatic heterocycles. The summed E-state index contributed by atoms with van der Waals surface area (Å²) in [5.74, 6) is 1.75. The second kappa shape index (κ2) is 7.39. The summed E-state index contributed by atoms with van der Waals surface area (Å²) in [6.07, 6.45) is 9.83. The Bertz CT molecular complexity index is 111. The molecule has 0 amide bonds. The zero-order valence-corrected chi connectivity index (χ0v) is 9.14. The molecule has 0 aromatic heterocycles. The molecule has 72 valence electrons. The molecule has 0 N–H and O–H groups in total. The first-order chi connectivity index (χ1) is 5.68. The van der Waals surface area contributed by atoms with Gasteiger partial charge in [-0.1, -0.05) is 45.8 Å². The molecule has 12 heavy (non-hydrogen) atoms. The van der Waals surface area contributed by atoms with Crippen LogP contribution < -0.4 is 0 Å². The predicted molar refractivity (Wildman–Crippen MR) is 57.3 cm³/mol. The monoisotopic (exact) mass is 168 g/mol. The maximum atomic E-state index is 2.36. The Hall–Kier alpha value is -0.260. The zero-order chi connectivity index (χ0) is 9.40. The molecule has 0 saturated carbocycles. The van der Waals surface area contributed by atoms with Crippen molar-refractivity contribution in [2.24, 2.45) is 11.8 Å². The summed E-state index contributed by atoms with van der Waals surface area (Å²) in [4.78, 5) is 0. The van der Waals surface area contributed by atoms with E-state index in [-0.39, 0.29) is 0 Å². The van der Waals surface area contributed by atoms with Crippen molar-refractivity contribution >= 4 is 0 Å². The molecule has 0 radical (unpaired) electrons. The van der Waals surface area contributed by atoms with Crippen LogP contribution >= 0.6 is 0 Å². The van der Waals surface area contributed by atoms with Crippen LogP contribution in [0.5, 0.6) is 0 Å². The molecule has 0 fully saturated rings. The van der Waals surface area contributed by atoms with Gasteiger partial charge in [-0.05, 0) is 31.6 Å². The van der Waals surface area contributed by atoms with Gasteiger partial charge in [0.1, 0.15) is 0 Å². The molecule has 0 heteroatoms. The van der Waals surface area contributed by atoms with E-state index in [0.29, 0.717) is 0 Å². The molecule has 0 aliphatic carbocycles. The Balaban J connectivity index is 3.19. The first-order valence-corrected chi connectivity index (χ1v) is 5.29. The zero-order valence-electron chi connectivity index (χ0n) is 9.14. The minimum absolute atomic E-state index is 0.853. The van der Waals surface area contributed by atoms with Crippen LogP contribution in [0, 0.1) is 11.8 Å². The second-order valence-electron chi connectivity index (χ2n) is 4.07. The fraction of sp³-hybridized carbons (Fsp3) is 0.833. The molecule has 0 nitrogen and oxygen atoms in total. The summed E-state index contributed by atoms with van der Waals surface area (Å²) in [6.45, 7) is 9.09. The fourth-order valence-corrected chi connectivity index (χ4v) is 1.23. The Morgan fingerprint density at radius 2 is 1.75 bits per heavy atom. The van der Waals surface area contributed by atoms with Crippen LogP contribution in [-0.2, 0) is 0 Å². The molecular formula is C12H24.